The Morgan fingerprint density at radius 2 is 1.79 bits per heavy atom. The SMILES string of the molecule is CC(C)Cc1cc(C(=O)CCO[Si](C)(C)C(C)(C)C)c(O)c(C=O)c1OCc1ccccc1. The third-order valence-corrected chi connectivity index (χ3v) is 10.8. The van der Waals surface area contributed by atoms with Crippen LogP contribution in [0, 0.1) is 5.92 Å². The van der Waals surface area contributed by atoms with Crippen LogP contribution in [-0.4, -0.2) is 32.1 Å². The fourth-order valence-corrected chi connectivity index (χ4v) is 4.34. The lowest BCUT2D eigenvalue weighted by Gasteiger charge is -2.36. The normalized spacial score (nSPS) is 12.1. The number of aromatic hydroxyl groups is 1. The van der Waals surface area contributed by atoms with E-state index in [9.17, 15) is 14.7 Å². The molecule has 0 saturated heterocycles. The zero-order chi connectivity index (χ0) is 24.8. The molecule has 0 fully saturated rings. The zero-order valence-electron chi connectivity index (χ0n) is 21.0. The first-order valence-corrected chi connectivity index (χ1v) is 14.5. The fraction of sp³-hybridized carbons (Fsp3) is 0.481. The number of hydrogen-bond acceptors (Lipinski definition) is 5. The number of rotatable bonds is 11. The van der Waals surface area contributed by atoms with Crippen LogP contribution in [0.4, 0.5) is 0 Å². The van der Waals surface area contributed by atoms with Crippen molar-refractivity contribution < 1.29 is 23.9 Å². The Balaban J connectivity index is 2.31. The Morgan fingerprint density at radius 3 is 2.33 bits per heavy atom. The second-order valence-corrected chi connectivity index (χ2v) is 15.3. The first kappa shape index (κ1) is 26.8. The van der Waals surface area contributed by atoms with Crippen molar-refractivity contribution in [1.82, 2.24) is 0 Å². The molecule has 5 nitrogen and oxygen atoms in total. The second kappa shape index (κ2) is 11.1. The van der Waals surface area contributed by atoms with Gasteiger partial charge in [-0.2, -0.15) is 0 Å². The molecule has 0 atom stereocenters. The lowest BCUT2D eigenvalue weighted by molar-refractivity contribution is 0.0956. The molecule has 0 unspecified atom stereocenters. The molecule has 6 heteroatoms. The first-order chi connectivity index (χ1) is 15.4. The predicted octanol–water partition coefficient (Wildman–Crippen LogP) is 6.58. The Hall–Kier alpha value is -2.44. The summed E-state index contributed by atoms with van der Waals surface area (Å²) in [6, 6.07) is 11.3. The molecular weight excluding hydrogens is 432 g/mol. The number of aldehydes is 1. The Morgan fingerprint density at radius 1 is 1.15 bits per heavy atom. The Labute approximate surface area is 199 Å². The maximum atomic E-state index is 13.0. The molecular formula is C27H38O5Si. The highest BCUT2D eigenvalue weighted by Crippen LogP contribution is 2.38. The van der Waals surface area contributed by atoms with E-state index in [-0.39, 0.29) is 53.3 Å². The third kappa shape index (κ3) is 7.02. The number of hydrogen-bond donors (Lipinski definition) is 1. The van der Waals surface area contributed by atoms with E-state index in [0.29, 0.717) is 18.5 Å². The number of ether oxygens (including phenoxy) is 1. The maximum Gasteiger partial charge on any atom is 0.191 e. The van der Waals surface area contributed by atoms with E-state index in [0.717, 1.165) is 11.1 Å². The second-order valence-electron chi connectivity index (χ2n) is 10.4. The number of phenolic OH excluding ortho intramolecular Hbond substituents is 1. The summed E-state index contributed by atoms with van der Waals surface area (Å²) >= 11 is 0. The van der Waals surface area contributed by atoms with Gasteiger partial charge < -0.3 is 14.3 Å². The van der Waals surface area contributed by atoms with Gasteiger partial charge in [0.05, 0.1) is 11.1 Å². The minimum absolute atomic E-state index is 0.0257. The number of Topliss-reactive ketones (excluding diaryl/α,β-unsaturated/α-hetero) is 1. The summed E-state index contributed by atoms with van der Waals surface area (Å²) in [5, 5.41) is 10.9. The van der Waals surface area contributed by atoms with Crippen LogP contribution in [0.1, 0.15) is 72.9 Å². The van der Waals surface area contributed by atoms with Crippen LogP contribution in [0.15, 0.2) is 36.4 Å². The largest absolute Gasteiger partial charge is 0.506 e. The van der Waals surface area contributed by atoms with E-state index in [1.807, 2.05) is 30.3 Å². The van der Waals surface area contributed by atoms with Crippen LogP contribution in [0.5, 0.6) is 11.5 Å². The molecule has 2 aromatic rings. The number of ketones is 1. The summed E-state index contributed by atoms with van der Waals surface area (Å²) in [7, 11) is -1.98. The van der Waals surface area contributed by atoms with Crippen LogP contribution >= 0.6 is 0 Å². The van der Waals surface area contributed by atoms with Crippen molar-refractivity contribution >= 4 is 20.4 Å². The molecule has 0 aliphatic rings. The quantitative estimate of drug-likeness (QED) is 0.228. The van der Waals surface area contributed by atoms with E-state index in [1.54, 1.807) is 6.07 Å². The van der Waals surface area contributed by atoms with Gasteiger partial charge in [-0.25, -0.2) is 0 Å². The van der Waals surface area contributed by atoms with Gasteiger partial charge in [0.25, 0.3) is 0 Å². The van der Waals surface area contributed by atoms with E-state index >= 15 is 0 Å². The predicted molar refractivity (Wildman–Crippen MR) is 135 cm³/mol. The molecule has 0 amide bonds. The molecule has 0 aliphatic heterocycles. The van der Waals surface area contributed by atoms with Gasteiger partial charge in [-0.15, -0.1) is 0 Å². The maximum absolute atomic E-state index is 13.0. The van der Waals surface area contributed by atoms with Gasteiger partial charge in [0, 0.05) is 13.0 Å². The van der Waals surface area contributed by atoms with Crippen LogP contribution in [0.2, 0.25) is 18.1 Å². The molecule has 1 N–H and O–H groups in total. The molecule has 0 radical (unpaired) electrons. The summed E-state index contributed by atoms with van der Waals surface area (Å²) in [6.45, 7) is 15.4. The van der Waals surface area contributed by atoms with E-state index in [2.05, 4.69) is 47.7 Å². The molecule has 180 valence electrons. The average Bonchev–Trinajstić information content (AvgIpc) is 2.72. The highest BCUT2D eigenvalue weighted by molar-refractivity contribution is 6.74. The van der Waals surface area contributed by atoms with Gasteiger partial charge in [-0.1, -0.05) is 65.0 Å². The number of carbonyl (C=O) groups excluding carboxylic acids is 2. The summed E-state index contributed by atoms with van der Waals surface area (Å²) < 4.78 is 12.1. The van der Waals surface area contributed by atoms with Crippen molar-refractivity contribution in [3.63, 3.8) is 0 Å². The molecule has 0 heterocycles. The van der Waals surface area contributed by atoms with Crippen molar-refractivity contribution in [2.24, 2.45) is 5.92 Å². The van der Waals surface area contributed by atoms with Gasteiger partial charge in [0.1, 0.15) is 18.1 Å². The minimum Gasteiger partial charge on any atom is -0.506 e. The standard InChI is InChI=1S/C27H38O5Si/c1-19(2)15-21-16-22(24(29)13-14-32-33(6,7)27(3,4)5)25(30)23(17-28)26(21)31-18-20-11-9-8-10-12-20/h8-12,16-17,19,30H,13-15,18H2,1-7H3. The molecule has 0 aliphatic carbocycles. The Bertz CT molecular complexity index is 959. The summed E-state index contributed by atoms with van der Waals surface area (Å²) in [5.41, 5.74) is 1.87. The monoisotopic (exact) mass is 470 g/mol. The molecule has 0 spiro atoms. The highest BCUT2D eigenvalue weighted by atomic mass is 28.4. The number of phenols is 1. The van der Waals surface area contributed by atoms with Crippen LogP contribution < -0.4 is 4.74 Å². The van der Waals surface area contributed by atoms with E-state index < -0.39 is 8.32 Å². The zero-order valence-corrected chi connectivity index (χ0v) is 22.0. The molecule has 0 bridgehead atoms. The number of carbonyl (C=O) groups is 2. The van der Waals surface area contributed by atoms with E-state index in [4.69, 9.17) is 9.16 Å². The van der Waals surface area contributed by atoms with Crippen LogP contribution in [0.25, 0.3) is 0 Å². The highest BCUT2D eigenvalue weighted by Gasteiger charge is 2.37. The molecule has 33 heavy (non-hydrogen) atoms. The smallest absolute Gasteiger partial charge is 0.191 e. The van der Waals surface area contributed by atoms with E-state index in [1.165, 1.54) is 0 Å². The first-order valence-electron chi connectivity index (χ1n) is 11.5. The van der Waals surface area contributed by atoms with Gasteiger partial charge >= 0.3 is 0 Å². The van der Waals surface area contributed by atoms with Crippen molar-refractivity contribution in [1.29, 1.82) is 0 Å². The Kier molecular flexibility index (Phi) is 9.03. The van der Waals surface area contributed by atoms with Crippen molar-refractivity contribution in [3.05, 3.63) is 58.7 Å². The molecule has 0 saturated carbocycles. The fourth-order valence-electron chi connectivity index (χ4n) is 3.30. The molecule has 0 aromatic heterocycles. The third-order valence-electron chi connectivity index (χ3n) is 6.24. The van der Waals surface area contributed by atoms with Crippen molar-refractivity contribution in [2.75, 3.05) is 6.61 Å². The van der Waals surface area contributed by atoms with Gasteiger partial charge in [-0.3, -0.25) is 9.59 Å². The van der Waals surface area contributed by atoms with Crippen LogP contribution in [-0.2, 0) is 17.5 Å². The van der Waals surface area contributed by atoms with Crippen molar-refractivity contribution in [2.45, 2.75) is 72.2 Å². The minimum atomic E-state index is -1.98. The van der Waals surface area contributed by atoms with Gasteiger partial charge in [-0.05, 0) is 47.7 Å². The van der Waals surface area contributed by atoms with Gasteiger partial charge in [0.2, 0.25) is 0 Å². The summed E-state index contributed by atoms with van der Waals surface area (Å²) in [4.78, 5) is 25.0. The van der Waals surface area contributed by atoms with Crippen LogP contribution in [0.3, 0.4) is 0 Å². The molecule has 2 rings (SSSR count). The van der Waals surface area contributed by atoms with Crippen molar-refractivity contribution in [3.8, 4) is 11.5 Å². The lowest BCUT2D eigenvalue weighted by Crippen LogP contribution is -2.41. The number of benzene rings is 2. The average molecular weight is 471 g/mol. The summed E-state index contributed by atoms with van der Waals surface area (Å²) in [6.07, 6.45) is 1.33. The summed E-state index contributed by atoms with van der Waals surface area (Å²) in [5.74, 6) is 0.0546. The topological polar surface area (TPSA) is 72.8 Å². The lowest BCUT2D eigenvalue weighted by atomic mass is 9.94. The molecule has 2 aromatic carbocycles. The van der Waals surface area contributed by atoms with Gasteiger partial charge in [0.15, 0.2) is 20.4 Å².